The van der Waals surface area contributed by atoms with Crippen molar-refractivity contribution in [1.29, 1.82) is 0 Å². The molecule has 0 unspecified atom stereocenters. The zero-order valence-electron chi connectivity index (χ0n) is 10.6. The first-order valence-electron chi connectivity index (χ1n) is 6.36. The predicted octanol–water partition coefficient (Wildman–Crippen LogP) is 2.22. The van der Waals surface area contributed by atoms with Crippen LogP contribution >= 0.6 is 0 Å². The summed E-state index contributed by atoms with van der Waals surface area (Å²) in [6, 6.07) is 5.59. The summed E-state index contributed by atoms with van der Waals surface area (Å²) in [5.74, 6) is 0.506. The Kier molecular flexibility index (Phi) is 4.13. The summed E-state index contributed by atoms with van der Waals surface area (Å²) in [6.45, 7) is 7.24. The van der Waals surface area contributed by atoms with E-state index in [1.54, 1.807) is 6.07 Å². The second-order valence-corrected chi connectivity index (χ2v) is 5.03. The highest BCUT2D eigenvalue weighted by molar-refractivity contribution is 5.26. The maximum atomic E-state index is 13.0. The third-order valence-electron chi connectivity index (χ3n) is 3.64. The molecule has 1 fully saturated rings. The molecule has 2 rings (SSSR count). The molecule has 0 aromatic heterocycles. The van der Waals surface area contributed by atoms with E-state index in [0.29, 0.717) is 12.0 Å². The summed E-state index contributed by atoms with van der Waals surface area (Å²) in [5, 5.41) is 6.98. The summed E-state index contributed by atoms with van der Waals surface area (Å²) >= 11 is 0. The Labute approximate surface area is 103 Å². The predicted molar refractivity (Wildman–Crippen MR) is 68.4 cm³/mol. The lowest BCUT2D eigenvalue weighted by Crippen LogP contribution is -2.46. The van der Waals surface area contributed by atoms with Crippen LogP contribution in [-0.4, -0.2) is 19.1 Å². The van der Waals surface area contributed by atoms with Gasteiger partial charge in [0.2, 0.25) is 0 Å². The van der Waals surface area contributed by atoms with Gasteiger partial charge in [-0.3, -0.25) is 0 Å². The van der Waals surface area contributed by atoms with Crippen molar-refractivity contribution < 1.29 is 4.39 Å². The lowest BCUT2D eigenvalue weighted by atomic mass is 9.95. The van der Waals surface area contributed by atoms with E-state index in [1.807, 2.05) is 13.0 Å². The molecule has 1 aromatic rings. The second-order valence-electron chi connectivity index (χ2n) is 5.03. The van der Waals surface area contributed by atoms with Crippen LogP contribution in [0.4, 0.5) is 4.39 Å². The summed E-state index contributed by atoms with van der Waals surface area (Å²) in [4.78, 5) is 0. The molecule has 0 radical (unpaired) electrons. The molecule has 1 aliphatic rings. The first-order valence-corrected chi connectivity index (χ1v) is 6.36. The van der Waals surface area contributed by atoms with Crippen LogP contribution in [0.15, 0.2) is 18.2 Å². The van der Waals surface area contributed by atoms with Crippen molar-refractivity contribution >= 4 is 0 Å². The van der Waals surface area contributed by atoms with Crippen LogP contribution in [0.3, 0.4) is 0 Å². The minimum absolute atomic E-state index is 0.151. The van der Waals surface area contributed by atoms with Crippen molar-refractivity contribution in [3.05, 3.63) is 35.1 Å². The van der Waals surface area contributed by atoms with Gasteiger partial charge in [-0.2, -0.15) is 0 Å². The molecule has 2 atom stereocenters. The molecule has 0 saturated carbocycles. The highest BCUT2D eigenvalue weighted by Crippen LogP contribution is 2.14. The summed E-state index contributed by atoms with van der Waals surface area (Å²) in [5.41, 5.74) is 2.22. The molecule has 94 valence electrons. The van der Waals surface area contributed by atoms with Gasteiger partial charge in [-0.15, -0.1) is 0 Å². The molecule has 0 aliphatic carbocycles. The summed E-state index contributed by atoms with van der Waals surface area (Å²) in [7, 11) is 0. The number of hydrogen-bond donors (Lipinski definition) is 2. The molecule has 17 heavy (non-hydrogen) atoms. The second kappa shape index (κ2) is 5.61. The van der Waals surface area contributed by atoms with Crippen molar-refractivity contribution in [2.75, 3.05) is 13.1 Å². The normalized spacial score (nSPS) is 24.9. The van der Waals surface area contributed by atoms with Gasteiger partial charge in [0, 0.05) is 12.6 Å². The van der Waals surface area contributed by atoms with Gasteiger partial charge in [0.15, 0.2) is 0 Å². The Hall–Kier alpha value is -0.930. The van der Waals surface area contributed by atoms with Gasteiger partial charge >= 0.3 is 0 Å². The quantitative estimate of drug-likeness (QED) is 0.841. The summed E-state index contributed by atoms with van der Waals surface area (Å²) in [6.07, 6.45) is 1.17. The van der Waals surface area contributed by atoms with Crippen molar-refractivity contribution in [1.82, 2.24) is 10.6 Å². The van der Waals surface area contributed by atoms with E-state index in [2.05, 4.69) is 17.6 Å². The number of benzene rings is 1. The fourth-order valence-electron chi connectivity index (χ4n) is 2.42. The van der Waals surface area contributed by atoms with E-state index in [1.165, 1.54) is 18.1 Å². The van der Waals surface area contributed by atoms with Gasteiger partial charge in [0.05, 0.1) is 0 Å². The molecular formula is C14H21FN2. The minimum atomic E-state index is -0.151. The maximum absolute atomic E-state index is 13.0. The molecule has 0 spiro atoms. The van der Waals surface area contributed by atoms with Gasteiger partial charge in [-0.1, -0.05) is 13.0 Å². The number of halogens is 1. The average Bonchev–Trinajstić information content (AvgIpc) is 2.30. The van der Waals surface area contributed by atoms with Gasteiger partial charge < -0.3 is 10.6 Å². The Morgan fingerprint density at radius 3 is 3.00 bits per heavy atom. The Balaban J connectivity index is 1.92. The highest BCUT2D eigenvalue weighted by Gasteiger charge is 2.20. The van der Waals surface area contributed by atoms with E-state index in [-0.39, 0.29) is 5.82 Å². The number of rotatable bonds is 3. The topological polar surface area (TPSA) is 24.1 Å². The van der Waals surface area contributed by atoms with Crippen LogP contribution in [0, 0.1) is 18.7 Å². The third-order valence-corrected chi connectivity index (χ3v) is 3.64. The van der Waals surface area contributed by atoms with Gasteiger partial charge in [-0.05, 0) is 55.6 Å². The SMILES string of the molecule is Cc1cc(F)ccc1CN[C@@H]1CCNC[C@H]1C. The molecule has 1 saturated heterocycles. The Morgan fingerprint density at radius 1 is 1.47 bits per heavy atom. The first-order chi connectivity index (χ1) is 8.16. The molecular weight excluding hydrogens is 215 g/mol. The van der Waals surface area contributed by atoms with E-state index < -0.39 is 0 Å². The lowest BCUT2D eigenvalue weighted by Gasteiger charge is -2.30. The molecule has 0 amide bonds. The van der Waals surface area contributed by atoms with Crippen molar-refractivity contribution in [3.8, 4) is 0 Å². The Morgan fingerprint density at radius 2 is 2.29 bits per heavy atom. The molecule has 1 aliphatic heterocycles. The highest BCUT2D eigenvalue weighted by atomic mass is 19.1. The number of aryl methyl sites for hydroxylation is 1. The standard InChI is InChI=1S/C14H21FN2/c1-10-7-13(15)4-3-12(10)9-17-14-5-6-16-8-11(14)2/h3-4,7,11,14,16-17H,5-6,8-9H2,1-2H3/t11-,14-/m1/s1. The number of hydrogen-bond acceptors (Lipinski definition) is 2. The fraction of sp³-hybridized carbons (Fsp3) is 0.571. The smallest absolute Gasteiger partial charge is 0.123 e. The zero-order chi connectivity index (χ0) is 12.3. The number of nitrogens with one attached hydrogen (secondary N) is 2. The van der Waals surface area contributed by atoms with Crippen LogP contribution < -0.4 is 10.6 Å². The molecule has 2 N–H and O–H groups in total. The fourth-order valence-corrected chi connectivity index (χ4v) is 2.42. The molecule has 1 heterocycles. The van der Waals surface area contributed by atoms with Gasteiger partial charge in [0.1, 0.15) is 5.82 Å². The van der Waals surface area contributed by atoms with Crippen LogP contribution in [-0.2, 0) is 6.54 Å². The van der Waals surface area contributed by atoms with E-state index in [9.17, 15) is 4.39 Å². The van der Waals surface area contributed by atoms with E-state index in [0.717, 1.165) is 25.2 Å². The van der Waals surface area contributed by atoms with Crippen molar-refractivity contribution in [2.24, 2.45) is 5.92 Å². The van der Waals surface area contributed by atoms with Crippen molar-refractivity contribution in [2.45, 2.75) is 32.9 Å². The largest absolute Gasteiger partial charge is 0.316 e. The van der Waals surface area contributed by atoms with Crippen LogP contribution in [0.1, 0.15) is 24.5 Å². The van der Waals surface area contributed by atoms with E-state index in [4.69, 9.17) is 0 Å². The molecule has 0 bridgehead atoms. The first kappa shape index (κ1) is 12.5. The van der Waals surface area contributed by atoms with Gasteiger partial charge in [0.25, 0.3) is 0 Å². The molecule has 2 nitrogen and oxygen atoms in total. The minimum Gasteiger partial charge on any atom is -0.316 e. The Bertz CT molecular complexity index is 378. The van der Waals surface area contributed by atoms with Crippen LogP contribution in [0.5, 0.6) is 0 Å². The van der Waals surface area contributed by atoms with E-state index >= 15 is 0 Å². The van der Waals surface area contributed by atoms with Crippen LogP contribution in [0.2, 0.25) is 0 Å². The monoisotopic (exact) mass is 236 g/mol. The number of piperidine rings is 1. The average molecular weight is 236 g/mol. The van der Waals surface area contributed by atoms with Gasteiger partial charge in [-0.25, -0.2) is 4.39 Å². The third kappa shape index (κ3) is 3.27. The summed E-state index contributed by atoms with van der Waals surface area (Å²) < 4.78 is 13.0. The van der Waals surface area contributed by atoms with Crippen molar-refractivity contribution in [3.63, 3.8) is 0 Å². The molecule has 3 heteroatoms. The molecule has 1 aromatic carbocycles. The lowest BCUT2D eigenvalue weighted by molar-refractivity contribution is 0.295. The maximum Gasteiger partial charge on any atom is 0.123 e. The zero-order valence-corrected chi connectivity index (χ0v) is 10.6. The van der Waals surface area contributed by atoms with Crippen LogP contribution in [0.25, 0.3) is 0 Å².